The Bertz CT molecular complexity index is 1490. The Labute approximate surface area is 278 Å². The molecule has 0 bridgehead atoms. The Morgan fingerprint density at radius 2 is 1.55 bits per heavy atom. The van der Waals surface area contributed by atoms with Crippen LogP contribution >= 0.6 is 0 Å². The lowest BCUT2D eigenvalue weighted by Crippen LogP contribution is -2.53. The standard InChI is InChI=1S/C38H47N3O6/c1-7-9-10-11-12-25-41(36(44)33(40-37(45)47-38(3,4)5)26-28-15-21-31(42)22-16-28)34(29-17-13-27(8-2)14-18-29)35(43)39-30-19-23-32(46-6)24-20-30/h2,13-24,33-34,42H,7,9-12,25-26H2,1,3-6H3,(H,39,43)(H,40,45). The Balaban J connectivity index is 2.07. The summed E-state index contributed by atoms with van der Waals surface area (Å²) in [5.41, 5.74) is 1.64. The van der Waals surface area contributed by atoms with Crippen LogP contribution in [0.4, 0.5) is 10.5 Å². The highest BCUT2D eigenvalue weighted by Crippen LogP contribution is 2.27. The van der Waals surface area contributed by atoms with Gasteiger partial charge in [-0.05, 0) is 86.8 Å². The fraction of sp³-hybridized carbons (Fsp3) is 0.395. The Morgan fingerprint density at radius 1 is 0.915 bits per heavy atom. The van der Waals surface area contributed by atoms with Gasteiger partial charge in [0.25, 0.3) is 5.91 Å². The number of anilines is 1. The van der Waals surface area contributed by atoms with E-state index in [0.29, 0.717) is 34.5 Å². The second kappa shape index (κ2) is 17.7. The molecular formula is C38H47N3O6. The molecule has 0 saturated heterocycles. The molecule has 0 spiro atoms. The SMILES string of the molecule is C#Cc1ccc(C(C(=O)Nc2ccc(OC)cc2)N(CCCCCCC)C(=O)C(Cc2ccc(O)cc2)NC(=O)OC(C)(C)C)cc1. The topological polar surface area (TPSA) is 117 Å². The molecule has 2 atom stereocenters. The first-order valence-corrected chi connectivity index (χ1v) is 16.0. The van der Waals surface area contributed by atoms with Gasteiger partial charge >= 0.3 is 6.09 Å². The van der Waals surface area contributed by atoms with Crippen molar-refractivity contribution < 1.29 is 29.0 Å². The van der Waals surface area contributed by atoms with Gasteiger partial charge in [-0.1, -0.05) is 62.8 Å². The molecule has 9 nitrogen and oxygen atoms in total. The summed E-state index contributed by atoms with van der Waals surface area (Å²) in [7, 11) is 1.56. The van der Waals surface area contributed by atoms with Crippen LogP contribution in [-0.2, 0) is 20.7 Å². The Morgan fingerprint density at radius 3 is 2.13 bits per heavy atom. The third-order valence-corrected chi connectivity index (χ3v) is 7.46. The number of unbranched alkanes of at least 4 members (excludes halogenated alkanes) is 4. The fourth-order valence-corrected chi connectivity index (χ4v) is 5.09. The van der Waals surface area contributed by atoms with Crippen LogP contribution in [-0.4, -0.2) is 53.2 Å². The summed E-state index contributed by atoms with van der Waals surface area (Å²) in [4.78, 5) is 43.5. The molecule has 47 heavy (non-hydrogen) atoms. The monoisotopic (exact) mass is 641 g/mol. The Hall–Kier alpha value is -4.97. The lowest BCUT2D eigenvalue weighted by atomic mass is 9.98. The van der Waals surface area contributed by atoms with E-state index in [0.717, 1.165) is 25.7 Å². The first-order valence-electron chi connectivity index (χ1n) is 16.0. The van der Waals surface area contributed by atoms with E-state index in [1.807, 2.05) is 0 Å². The number of carbonyl (C=O) groups excluding carboxylic acids is 3. The molecule has 0 saturated carbocycles. The van der Waals surface area contributed by atoms with Crippen LogP contribution < -0.4 is 15.4 Å². The molecule has 9 heteroatoms. The van der Waals surface area contributed by atoms with Gasteiger partial charge in [0.2, 0.25) is 5.91 Å². The smallest absolute Gasteiger partial charge is 0.408 e. The molecule has 0 aliphatic carbocycles. The predicted molar refractivity (Wildman–Crippen MR) is 184 cm³/mol. The minimum atomic E-state index is -1.08. The molecule has 3 amide bonds. The Kier molecular flexibility index (Phi) is 13.7. The number of aromatic hydroxyl groups is 1. The van der Waals surface area contributed by atoms with Gasteiger partial charge in [0.1, 0.15) is 29.2 Å². The highest BCUT2D eigenvalue weighted by molar-refractivity contribution is 5.99. The molecule has 3 aromatic rings. The van der Waals surface area contributed by atoms with Crippen LogP contribution in [0.1, 0.15) is 82.5 Å². The lowest BCUT2D eigenvalue weighted by molar-refractivity contribution is -0.140. The lowest BCUT2D eigenvalue weighted by Gasteiger charge is -2.35. The molecule has 0 aromatic heterocycles. The van der Waals surface area contributed by atoms with Crippen LogP contribution in [0.15, 0.2) is 72.8 Å². The number of phenolic OH excluding ortho intramolecular Hbond substituents is 1. The number of hydrogen-bond donors (Lipinski definition) is 3. The number of carbonyl (C=O) groups is 3. The van der Waals surface area contributed by atoms with Crippen LogP contribution in [0.25, 0.3) is 0 Å². The average molecular weight is 642 g/mol. The first-order chi connectivity index (χ1) is 22.4. The molecule has 250 valence electrons. The van der Waals surface area contributed by atoms with Crippen LogP contribution in [0, 0.1) is 12.3 Å². The summed E-state index contributed by atoms with van der Waals surface area (Å²) in [6.07, 6.45) is 9.60. The van der Waals surface area contributed by atoms with Crippen molar-refractivity contribution in [3.05, 3.63) is 89.5 Å². The number of methoxy groups -OCH3 is 1. The van der Waals surface area contributed by atoms with E-state index in [-0.39, 0.29) is 18.7 Å². The molecule has 3 N–H and O–H groups in total. The number of nitrogens with zero attached hydrogens (tertiary/aromatic N) is 1. The van der Waals surface area contributed by atoms with Crippen molar-refractivity contribution in [3.8, 4) is 23.8 Å². The number of terminal acetylenes is 1. The van der Waals surface area contributed by atoms with E-state index in [2.05, 4.69) is 23.5 Å². The third kappa shape index (κ3) is 11.7. The van der Waals surface area contributed by atoms with Gasteiger partial charge in [-0.2, -0.15) is 0 Å². The van der Waals surface area contributed by atoms with Gasteiger partial charge in [0.15, 0.2) is 0 Å². The van der Waals surface area contributed by atoms with Gasteiger partial charge in [-0.25, -0.2) is 4.79 Å². The highest BCUT2D eigenvalue weighted by Gasteiger charge is 2.36. The van der Waals surface area contributed by atoms with Crippen LogP contribution in [0.2, 0.25) is 0 Å². The van der Waals surface area contributed by atoms with Gasteiger partial charge in [0, 0.05) is 24.2 Å². The molecule has 0 aliphatic heterocycles. The molecule has 3 rings (SSSR count). The predicted octanol–water partition coefficient (Wildman–Crippen LogP) is 7.00. The number of hydrogen-bond acceptors (Lipinski definition) is 6. The van der Waals surface area contributed by atoms with E-state index in [4.69, 9.17) is 15.9 Å². The maximum atomic E-state index is 14.7. The number of alkyl carbamates (subject to hydrolysis) is 1. The first kappa shape index (κ1) is 36.5. The molecule has 0 aliphatic rings. The molecule has 0 fully saturated rings. The van der Waals surface area contributed by atoms with E-state index in [1.54, 1.807) is 88.5 Å². The van der Waals surface area contributed by atoms with Crippen molar-refractivity contribution in [1.82, 2.24) is 10.2 Å². The zero-order valence-electron chi connectivity index (χ0n) is 28.0. The van der Waals surface area contributed by atoms with Crippen molar-refractivity contribution in [1.29, 1.82) is 0 Å². The number of ether oxygens (including phenoxy) is 2. The van der Waals surface area contributed by atoms with E-state index < -0.39 is 35.6 Å². The number of amides is 3. The second-order valence-electron chi connectivity index (χ2n) is 12.4. The highest BCUT2D eigenvalue weighted by atomic mass is 16.6. The molecule has 0 heterocycles. The van der Waals surface area contributed by atoms with Crippen molar-refractivity contribution >= 4 is 23.6 Å². The number of rotatable bonds is 15. The summed E-state index contributed by atoms with van der Waals surface area (Å²) >= 11 is 0. The van der Waals surface area contributed by atoms with Gasteiger partial charge < -0.3 is 30.1 Å². The van der Waals surface area contributed by atoms with Crippen LogP contribution in [0.3, 0.4) is 0 Å². The summed E-state index contributed by atoms with van der Waals surface area (Å²) in [5.74, 6) is 2.44. The van der Waals surface area contributed by atoms with Gasteiger partial charge in [-0.3, -0.25) is 9.59 Å². The number of nitrogens with one attached hydrogen (secondary N) is 2. The van der Waals surface area contributed by atoms with Crippen molar-refractivity contribution in [3.63, 3.8) is 0 Å². The van der Waals surface area contributed by atoms with E-state index in [9.17, 15) is 19.5 Å². The third-order valence-electron chi connectivity index (χ3n) is 7.46. The largest absolute Gasteiger partial charge is 0.508 e. The van der Waals surface area contributed by atoms with E-state index in [1.165, 1.54) is 17.0 Å². The molecule has 3 aromatic carbocycles. The molecule has 2 unspecified atom stereocenters. The fourth-order valence-electron chi connectivity index (χ4n) is 5.09. The summed E-state index contributed by atoms with van der Waals surface area (Å²) in [5, 5.41) is 15.6. The maximum Gasteiger partial charge on any atom is 0.408 e. The minimum absolute atomic E-state index is 0.0797. The summed E-state index contributed by atoms with van der Waals surface area (Å²) < 4.78 is 10.8. The minimum Gasteiger partial charge on any atom is -0.508 e. The maximum absolute atomic E-state index is 14.7. The van der Waals surface area contributed by atoms with Gasteiger partial charge in [0.05, 0.1) is 7.11 Å². The average Bonchev–Trinajstić information content (AvgIpc) is 3.04. The quantitative estimate of drug-likeness (QED) is 0.122. The summed E-state index contributed by atoms with van der Waals surface area (Å²) in [6, 6.07) is 18.2. The molecular weight excluding hydrogens is 594 g/mol. The zero-order chi connectivity index (χ0) is 34.4. The summed E-state index contributed by atoms with van der Waals surface area (Å²) in [6.45, 7) is 7.62. The van der Waals surface area contributed by atoms with Crippen molar-refractivity contribution in [2.75, 3.05) is 19.0 Å². The molecule has 0 radical (unpaired) electrons. The van der Waals surface area contributed by atoms with Gasteiger partial charge in [-0.15, -0.1) is 6.42 Å². The van der Waals surface area contributed by atoms with E-state index >= 15 is 0 Å². The number of benzene rings is 3. The normalized spacial score (nSPS) is 12.3. The van der Waals surface area contributed by atoms with Crippen LogP contribution in [0.5, 0.6) is 11.5 Å². The number of phenols is 1. The van der Waals surface area contributed by atoms with Crippen molar-refractivity contribution in [2.45, 2.75) is 83.9 Å². The second-order valence-corrected chi connectivity index (χ2v) is 12.4. The van der Waals surface area contributed by atoms with Crippen molar-refractivity contribution in [2.24, 2.45) is 0 Å². The zero-order valence-corrected chi connectivity index (χ0v) is 28.0.